The molecule has 0 bridgehead atoms. The van der Waals surface area contributed by atoms with Crippen molar-refractivity contribution < 1.29 is 9.18 Å². The number of rotatable bonds is 1. The first kappa shape index (κ1) is 10.2. The van der Waals surface area contributed by atoms with Crippen molar-refractivity contribution in [3.63, 3.8) is 0 Å². The molecule has 64 valence electrons. The Bertz CT molecular complexity index is 340. The number of hydrogen-bond donors (Lipinski definition) is 0. The molecular weight excluding hydrogens is 317 g/mol. The molecular formula is C7H2Cl2FIO. The normalized spacial score (nSPS) is 10.0. The Labute approximate surface area is 92.0 Å². The van der Waals surface area contributed by atoms with Crippen LogP contribution in [0, 0.1) is 9.39 Å². The summed E-state index contributed by atoms with van der Waals surface area (Å²) in [5.41, 5.74) is 0.138. The molecule has 12 heavy (non-hydrogen) atoms. The quantitative estimate of drug-likeness (QED) is 0.440. The van der Waals surface area contributed by atoms with Gasteiger partial charge in [-0.1, -0.05) is 11.6 Å². The zero-order valence-corrected chi connectivity index (χ0v) is 9.24. The van der Waals surface area contributed by atoms with Crippen molar-refractivity contribution in [1.82, 2.24) is 0 Å². The summed E-state index contributed by atoms with van der Waals surface area (Å²) in [7, 11) is 0. The minimum atomic E-state index is -0.685. The molecule has 0 spiro atoms. The molecule has 0 aromatic heterocycles. The monoisotopic (exact) mass is 318 g/mol. The molecule has 0 aliphatic heterocycles. The van der Waals surface area contributed by atoms with Crippen molar-refractivity contribution >= 4 is 51.0 Å². The third-order valence-electron chi connectivity index (χ3n) is 1.22. The van der Waals surface area contributed by atoms with Crippen LogP contribution >= 0.6 is 45.8 Å². The Morgan fingerprint density at radius 1 is 1.50 bits per heavy atom. The molecule has 0 N–H and O–H groups in total. The van der Waals surface area contributed by atoms with Crippen molar-refractivity contribution in [3.05, 3.63) is 32.1 Å². The maximum atomic E-state index is 12.8. The molecule has 5 heteroatoms. The lowest BCUT2D eigenvalue weighted by atomic mass is 10.2. The summed E-state index contributed by atoms with van der Waals surface area (Å²) in [6.45, 7) is 0. The number of hydrogen-bond acceptors (Lipinski definition) is 1. The second-order valence-electron chi connectivity index (χ2n) is 2.02. The highest BCUT2D eigenvalue weighted by Gasteiger charge is 2.11. The van der Waals surface area contributed by atoms with Crippen LogP contribution in [0.4, 0.5) is 4.39 Å². The van der Waals surface area contributed by atoms with E-state index in [1.807, 2.05) is 22.6 Å². The third kappa shape index (κ3) is 2.08. The second kappa shape index (κ2) is 3.89. The van der Waals surface area contributed by atoms with Gasteiger partial charge in [-0.2, -0.15) is 0 Å². The van der Waals surface area contributed by atoms with Gasteiger partial charge in [0.05, 0.1) is 10.6 Å². The van der Waals surface area contributed by atoms with Crippen LogP contribution in [-0.4, -0.2) is 5.24 Å². The predicted molar refractivity (Wildman–Crippen MR) is 54.3 cm³/mol. The van der Waals surface area contributed by atoms with Crippen LogP contribution in [0.5, 0.6) is 0 Å². The summed E-state index contributed by atoms with van der Waals surface area (Å²) in [6.07, 6.45) is 0. The maximum absolute atomic E-state index is 12.8. The molecule has 0 unspecified atom stereocenters. The van der Waals surface area contributed by atoms with E-state index in [1.54, 1.807) is 0 Å². The first-order valence-corrected chi connectivity index (χ1v) is 4.70. The number of halogens is 4. The van der Waals surface area contributed by atoms with Crippen LogP contribution < -0.4 is 0 Å². The van der Waals surface area contributed by atoms with Gasteiger partial charge in [0.15, 0.2) is 0 Å². The second-order valence-corrected chi connectivity index (χ2v) is 3.93. The predicted octanol–water partition coefficient (Wildman–Crippen LogP) is 3.46. The minimum absolute atomic E-state index is 0.0129. The lowest BCUT2D eigenvalue weighted by molar-refractivity contribution is 0.108. The van der Waals surface area contributed by atoms with Crippen molar-refractivity contribution in [2.24, 2.45) is 0 Å². The van der Waals surface area contributed by atoms with E-state index < -0.39 is 11.1 Å². The Balaban J connectivity index is 3.33. The molecule has 0 radical (unpaired) electrons. The minimum Gasteiger partial charge on any atom is -0.276 e. The molecule has 0 amide bonds. The average molecular weight is 319 g/mol. The van der Waals surface area contributed by atoms with Crippen LogP contribution in [0.3, 0.4) is 0 Å². The average Bonchev–Trinajstić information content (AvgIpc) is 1.96. The van der Waals surface area contributed by atoms with Crippen molar-refractivity contribution in [2.45, 2.75) is 0 Å². The van der Waals surface area contributed by atoms with E-state index in [0.29, 0.717) is 3.57 Å². The lowest BCUT2D eigenvalue weighted by Crippen LogP contribution is -1.94. The van der Waals surface area contributed by atoms with E-state index in [4.69, 9.17) is 23.2 Å². The van der Waals surface area contributed by atoms with E-state index in [1.165, 1.54) is 6.07 Å². The van der Waals surface area contributed by atoms with Gasteiger partial charge < -0.3 is 0 Å². The molecule has 0 fully saturated rings. The standard InChI is InChI=1S/C7H2Cl2FIO/c8-4-2-6(11)3(7(9)12)1-5(4)10/h1-2H. The van der Waals surface area contributed by atoms with Crippen LogP contribution in [0.2, 0.25) is 5.02 Å². The van der Waals surface area contributed by atoms with Crippen molar-refractivity contribution in [1.29, 1.82) is 0 Å². The largest absolute Gasteiger partial charge is 0.276 e. The number of carbonyl (C=O) groups is 1. The van der Waals surface area contributed by atoms with Gasteiger partial charge in [0.2, 0.25) is 0 Å². The molecule has 1 aromatic carbocycles. The third-order valence-corrected chi connectivity index (χ3v) is 2.61. The fourth-order valence-corrected chi connectivity index (χ4v) is 2.05. The summed E-state index contributed by atoms with van der Waals surface area (Å²) in [5, 5.41) is -0.698. The zero-order valence-electron chi connectivity index (χ0n) is 5.57. The Hall–Kier alpha value is 0.130. The van der Waals surface area contributed by atoms with E-state index in [9.17, 15) is 9.18 Å². The van der Waals surface area contributed by atoms with Gasteiger partial charge in [-0.15, -0.1) is 0 Å². The van der Waals surface area contributed by atoms with Gasteiger partial charge in [0.25, 0.3) is 5.24 Å². The van der Waals surface area contributed by atoms with E-state index in [0.717, 1.165) is 6.07 Å². The smallest absolute Gasteiger partial charge is 0.253 e. The highest BCUT2D eigenvalue weighted by atomic mass is 127. The highest BCUT2D eigenvalue weighted by Crippen LogP contribution is 2.22. The van der Waals surface area contributed by atoms with Crippen molar-refractivity contribution in [2.75, 3.05) is 0 Å². The zero-order chi connectivity index (χ0) is 9.30. The SMILES string of the molecule is O=C(Cl)c1cc(F)c(Cl)cc1I. The van der Waals surface area contributed by atoms with Gasteiger partial charge >= 0.3 is 0 Å². The van der Waals surface area contributed by atoms with E-state index in [-0.39, 0.29) is 10.6 Å². The molecule has 0 aliphatic carbocycles. The van der Waals surface area contributed by atoms with Crippen LogP contribution in [0.15, 0.2) is 12.1 Å². The van der Waals surface area contributed by atoms with Crippen LogP contribution in [0.1, 0.15) is 10.4 Å². The molecule has 1 rings (SSSR count). The topological polar surface area (TPSA) is 17.1 Å². The fourth-order valence-electron chi connectivity index (χ4n) is 0.673. The highest BCUT2D eigenvalue weighted by molar-refractivity contribution is 14.1. The summed E-state index contributed by atoms with van der Waals surface area (Å²) < 4.78 is 13.3. The lowest BCUT2D eigenvalue weighted by Gasteiger charge is -1.99. The Morgan fingerprint density at radius 2 is 2.08 bits per heavy atom. The molecule has 0 saturated carbocycles. The van der Waals surface area contributed by atoms with Crippen LogP contribution in [-0.2, 0) is 0 Å². The summed E-state index contributed by atoms with van der Waals surface area (Å²) in [6, 6.07) is 2.38. The van der Waals surface area contributed by atoms with Gasteiger partial charge in [-0.3, -0.25) is 4.79 Å². The molecule has 1 aromatic rings. The van der Waals surface area contributed by atoms with Gasteiger partial charge in [-0.05, 0) is 46.3 Å². The van der Waals surface area contributed by atoms with E-state index in [2.05, 4.69) is 0 Å². The van der Waals surface area contributed by atoms with Crippen LogP contribution in [0.25, 0.3) is 0 Å². The summed E-state index contributed by atoms with van der Waals surface area (Å²) in [5.74, 6) is -0.638. The van der Waals surface area contributed by atoms with Gasteiger partial charge in [-0.25, -0.2) is 4.39 Å². The van der Waals surface area contributed by atoms with E-state index >= 15 is 0 Å². The first-order chi connectivity index (χ1) is 5.52. The Morgan fingerprint density at radius 3 is 2.58 bits per heavy atom. The molecule has 0 heterocycles. The fraction of sp³-hybridized carbons (Fsp3) is 0. The maximum Gasteiger partial charge on any atom is 0.253 e. The van der Waals surface area contributed by atoms with Crippen molar-refractivity contribution in [3.8, 4) is 0 Å². The summed E-state index contributed by atoms with van der Waals surface area (Å²) >= 11 is 12.5. The van der Waals surface area contributed by atoms with Gasteiger partial charge in [0, 0.05) is 3.57 Å². The Kier molecular flexibility index (Phi) is 3.31. The van der Waals surface area contributed by atoms with Gasteiger partial charge in [0.1, 0.15) is 5.82 Å². The molecule has 0 saturated heterocycles. The first-order valence-electron chi connectivity index (χ1n) is 2.86. The molecule has 0 atom stereocenters. The molecule has 1 nitrogen and oxygen atoms in total. The molecule has 0 aliphatic rings. The number of benzene rings is 1. The summed E-state index contributed by atoms with van der Waals surface area (Å²) in [4.78, 5) is 10.7. The number of carbonyl (C=O) groups excluding carboxylic acids is 1.